The van der Waals surface area contributed by atoms with Crippen molar-refractivity contribution in [2.75, 3.05) is 0 Å². The van der Waals surface area contributed by atoms with Gasteiger partial charge in [-0.05, 0) is 31.9 Å². The maximum atomic E-state index is 12.1. The van der Waals surface area contributed by atoms with E-state index in [2.05, 4.69) is 11.2 Å². The molecule has 1 aromatic carbocycles. The molecule has 0 bridgehead atoms. The molecule has 6 nitrogen and oxygen atoms in total. The quantitative estimate of drug-likeness (QED) is 0.682. The molecule has 0 radical (unpaired) electrons. The van der Waals surface area contributed by atoms with Crippen molar-refractivity contribution in [1.29, 1.82) is 0 Å². The van der Waals surface area contributed by atoms with Gasteiger partial charge in [0.15, 0.2) is 0 Å². The summed E-state index contributed by atoms with van der Waals surface area (Å²) in [6.45, 7) is 11.8. The third kappa shape index (κ3) is 4.95. The van der Waals surface area contributed by atoms with Crippen molar-refractivity contribution in [1.82, 2.24) is 5.48 Å². The summed E-state index contributed by atoms with van der Waals surface area (Å²) in [5.41, 5.74) is 2.79. The van der Waals surface area contributed by atoms with Gasteiger partial charge >= 0.3 is 16.2 Å². The van der Waals surface area contributed by atoms with Crippen LogP contribution in [0.5, 0.6) is 0 Å². The Labute approximate surface area is 125 Å². The van der Waals surface area contributed by atoms with Crippen LogP contribution in [0.25, 0.3) is 0 Å². The van der Waals surface area contributed by atoms with Gasteiger partial charge in [-0.2, -0.15) is 13.9 Å². The van der Waals surface area contributed by atoms with Gasteiger partial charge in [0.2, 0.25) is 5.60 Å². The van der Waals surface area contributed by atoms with Crippen molar-refractivity contribution in [2.24, 2.45) is 0 Å². The van der Waals surface area contributed by atoms with Crippen LogP contribution in [0, 0.1) is 27.7 Å². The molecule has 1 N–H and O–H groups in total. The Bertz CT molecular complexity index is 621. The summed E-state index contributed by atoms with van der Waals surface area (Å²) in [5.74, 6) is 0. The molecule has 0 aliphatic heterocycles. The fraction of sp³-hybridized carbons (Fsp3) is 0.429. The molecule has 0 spiro atoms. The highest BCUT2D eigenvalue weighted by atomic mass is 32.2. The second-order valence-electron chi connectivity index (χ2n) is 5.52. The largest absolute Gasteiger partial charge is 0.436 e. The highest BCUT2D eigenvalue weighted by Crippen LogP contribution is 2.23. The first-order chi connectivity index (χ1) is 9.42. The average molecular weight is 314 g/mol. The fourth-order valence-electron chi connectivity index (χ4n) is 1.96. The van der Waals surface area contributed by atoms with Crippen LogP contribution in [0.3, 0.4) is 0 Å². The van der Waals surface area contributed by atoms with E-state index in [9.17, 15) is 13.2 Å². The van der Waals surface area contributed by atoms with E-state index >= 15 is 0 Å². The lowest BCUT2D eigenvalue weighted by Gasteiger charge is -2.15. The highest BCUT2D eigenvalue weighted by Gasteiger charge is 2.26. The molecule has 0 atom stereocenters. The minimum absolute atomic E-state index is 0.0299. The molecule has 0 heterocycles. The van der Waals surface area contributed by atoms with Crippen LogP contribution >= 0.6 is 0 Å². The minimum Gasteiger partial charge on any atom is -0.401 e. The lowest BCUT2D eigenvalue weighted by atomic mass is 10.1. The van der Waals surface area contributed by atoms with Crippen molar-refractivity contribution in [3.8, 4) is 0 Å². The molecule has 21 heavy (non-hydrogen) atoms. The summed E-state index contributed by atoms with van der Waals surface area (Å²) in [6.07, 6.45) is -1.03. The Hall–Kier alpha value is -1.73. The van der Waals surface area contributed by atoms with Crippen molar-refractivity contribution >= 4 is 16.2 Å². The monoisotopic (exact) mass is 314 g/mol. The topological polar surface area (TPSA) is 81.7 Å². The third-order valence-electron chi connectivity index (χ3n) is 2.46. The standard InChI is InChI=1S/C14H19NO5S/c1-9-7-10(2)12(11(3)8-9)21(17,18)20-15-13(16)19-14(4,5)6/h7-8H,4H2,1-3,5-6H3/p+1. The second-order valence-corrected chi connectivity index (χ2v) is 7.00. The summed E-state index contributed by atoms with van der Waals surface area (Å²) in [5, 5.41) is 0. The summed E-state index contributed by atoms with van der Waals surface area (Å²) >= 11 is 0. The van der Waals surface area contributed by atoms with Crippen LogP contribution < -0.4 is 5.48 Å². The number of hydrogen-bond donors (Lipinski definition) is 1. The Morgan fingerprint density at radius 3 is 2.10 bits per heavy atom. The van der Waals surface area contributed by atoms with Crippen LogP contribution in [-0.4, -0.2) is 20.1 Å². The number of nitrogens with one attached hydrogen (secondary N) is 1. The number of benzene rings is 1. The van der Waals surface area contributed by atoms with Crippen molar-refractivity contribution in [2.45, 2.75) is 45.1 Å². The lowest BCUT2D eigenvalue weighted by Crippen LogP contribution is -2.34. The van der Waals surface area contributed by atoms with Gasteiger partial charge in [-0.15, -0.1) is 4.28 Å². The number of hydrogen-bond acceptors (Lipinski definition) is 5. The van der Waals surface area contributed by atoms with Gasteiger partial charge in [-0.3, -0.25) is 0 Å². The molecule has 0 fully saturated rings. The molecule has 1 amide bonds. The predicted octanol–water partition coefficient (Wildman–Crippen LogP) is 2.57. The normalized spacial score (nSPS) is 12.0. The molecule has 0 saturated heterocycles. The Morgan fingerprint density at radius 2 is 1.67 bits per heavy atom. The van der Waals surface area contributed by atoms with Crippen molar-refractivity contribution < 1.29 is 22.2 Å². The summed E-state index contributed by atoms with van der Waals surface area (Å²) < 4.78 is 33.6. The van der Waals surface area contributed by atoms with Crippen molar-refractivity contribution in [3.05, 3.63) is 35.7 Å². The maximum absolute atomic E-state index is 12.1. The van der Waals surface area contributed by atoms with Gasteiger partial charge in [-0.1, -0.05) is 17.7 Å². The first kappa shape index (κ1) is 17.3. The number of rotatable bonds is 4. The van der Waals surface area contributed by atoms with E-state index < -0.39 is 21.8 Å². The van der Waals surface area contributed by atoms with Crippen LogP contribution in [0.1, 0.15) is 30.5 Å². The summed E-state index contributed by atoms with van der Waals surface area (Å²) in [6, 6.07) is 3.45. The van der Waals surface area contributed by atoms with Gasteiger partial charge in [0.25, 0.3) is 0 Å². The molecule has 1 aromatic rings. The van der Waals surface area contributed by atoms with Crippen LogP contribution in [0.2, 0.25) is 0 Å². The molecule has 7 heteroatoms. The molecule has 116 valence electrons. The van der Waals surface area contributed by atoms with Gasteiger partial charge in [-0.25, -0.2) is 4.79 Å². The predicted molar refractivity (Wildman–Crippen MR) is 78.0 cm³/mol. The Kier molecular flexibility index (Phi) is 4.91. The maximum Gasteiger partial charge on any atom is 0.436 e. The third-order valence-corrected chi connectivity index (χ3v) is 3.91. The SMILES string of the molecule is [CH2+]C(C)(C)OC(=O)NOS(=O)(=O)c1c(C)cc(C)cc1C. The van der Waals surface area contributed by atoms with E-state index in [1.165, 1.54) is 0 Å². The molecule has 0 aromatic heterocycles. The van der Waals surface area contributed by atoms with Gasteiger partial charge in [0.1, 0.15) is 11.8 Å². The highest BCUT2D eigenvalue weighted by molar-refractivity contribution is 7.86. The number of carbonyl (C=O) groups is 1. The summed E-state index contributed by atoms with van der Waals surface area (Å²) in [7, 11) is -4.12. The van der Waals surface area contributed by atoms with Crippen LogP contribution in [0.15, 0.2) is 17.0 Å². The van der Waals surface area contributed by atoms with Crippen LogP contribution in [-0.2, 0) is 19.1 Å². The van der Waals surface area contributed by atoms with E-state index in [0.29, 0.717) is 11.1 Å². The van der Waals surface area contributed by atoms with E-state index in [1.54, 1.807) is 45.3 Å². The lowest BCUT2D eigenvalue weighted by molar-refractivity contribution is 0.0441. The van der Waals surface area contributed by atoms with E-state index in [0.717, 1.165) is 5.56 Å². The number of ether oxygens (including phenoxy) is 1. The van der Waals surface area contributed by atoms with Gasteiger partial charge in [0.05, 0.1) is 0 Å². The van der Waals surface area contributed by atoms with E-state index in [4.69, 9.17) is 4.74 Å². The van der Waals surface area contributed by atoms with E-state index in [1.807, 2.05) is 6.92 Å². The Balaban J connectivity index is 2.91. The zero-order valence-electron chi connectivity index (χ0n) is 12.8. The molecule has 0 saturated carbocycles. The number of aryl methyl sites for hydroxylation is 3. The zero-order chi connectivity index (χ0) is 16.4. The minimum atomic E-state index is -4.12. The average Bonchev–Trinajstić information content (AvgIpc) is 2.22. The fourth-order valence-corrected chi connectivity index (χ4v) is 3.13. The number of hydroxylamine groups is 1. The number of amides is 1. The molecular formula is C14H20NO5S+. The van der Waals surface area contributed by atoms with Gasteiger partial charge < -0.3 is 4.74 Å². The molecule has 0 aliphatic rings. The van der Waals surface area contributed by atoms with Crippen molar-refractivity contribution in [3.63, 3.8) is 0 Å². The van der Waals surface area contributed by atoms with Crippen LogP contribution in [0.4, 0.5) is 4.79 Å². The first-order valence-corrected chi connectivity index (χ1v) is 7.69. The zero-order valence-corrected chi connectivity index (χ0v) is 13.6. The molecular weight excluding hydrogens is 294 g/mol. The molecule has 1 rings (SSSR count). The first-order valence-electron chi connectivity index (χ1n) is 6.28. The molecule has 0 unspecified atom stereocenters. The summed E-state index contributed by atoms with van der Waals surface area (Å²) in [4.78, 5) is 11.4. The smallest absolute Gasteiger partial charge is 0.401 e. The van der Waals surface area contributed by atoms with E-state index in [-0.39, 0.29) is 4.90 Å². The molecule has 0 aliphatic carbocycles. The Morgan fingerprint density at radius 1 is 1.19 bits per heavy atom. The second kappa shape index (κ2) is 5.95. The number of carbonyl (C=O) groups excluding carboxylic acids is 1. The van der Waals surface area contributed by atoms with Gasteiger partial charge in [0, 0.05) is 13.8 Å².